The number of halogens is 2. The molecule has 5 rings (SSSR count). The van der Waals surface area contributed by atoms with Crippen molar-refractivity contribution < 1.29 is 24.2 Å². The molecule has 3 amide bonds. The number of carbonyl (C=O) groups is 3. The number of aromatic nitrogens is 2. The van der Waals surface area contributed by atoms with Gasteiger partial charge in [-0.1, -0.05) is 53.0 Å². The van der Waals surface area contributed by atoms with E-state index in [1.807, 2.05) is 44.4 Å². The summed E-state index contributed by atoms with van der Waals surface area (Å²) in [4.78, 5) is 42.3. The molecule has 1 unspecified atom stereocenters. The molecule has 1 aliphatic rings. The van der Waals surface area contributed by atoms with E-state index in [9.17, 15) is 19.5 Å². The van der Waals surface area contributed by atoms with Crippen molar-refractivity contribution in [2.75, 3.05) is 11.9 Å². The zero-order chi connectivity index (χ0) is 35.5. The maximum absolute atomic E-state index is 14.1. The molecule has 0 aliphatic carbocycles. The highest BCUT2D eigenvalue weighted by atomic mass is 35.5. The van der Waals surface area contributed by atoms with E-state index in [1.165, 1.54) is 4.90 Å². The molecule has 0 bridgehead atoms. The number of phenols is 1. The van der Waals surface area contributed by atoms with Crippen molar-refractivity contribution in [3.05, 3.63) is 88.0 Å². The van der Waals surface area contributed by atoms with Crippen LogP contribution in [0.5, 0.6) is 5.75 Å². The molecule has 0 radical (unpaired) electrons. The quantitative estimate of drug-likeness (QED) is 0.174. The topological polar surface area (TPSA) is 126 Å². The number of phenolic OH excluding ortho intramolecular Hbond substituents is 1. The van der Waals surface area contributed by atoms with Crippen LogP contribution in [-0.4, -0.2) is 61.9 Å². The van der Waals surface area contributed by atoms with Crippen molar-refractivity contribution in [1.82, 2.24) is 20.0 Å². The van der Waals surface area contributed by atoms with E-state index < -0.39 is 29.7 Å². The van der Waals surface area contributed by atoms with Gasteiger partial charge in [0, 0.05) is 53.1 Å². The van der Waals surface area contributed by atoms with E-state index in [0.717, 1.165) is 29.5 Å². The number of alkyl carbamates (subject to hydrolysis) is 1. The van der Waals surface area contributed by atoms with Gasteiger partial charge in [-0.3, -0.25) is 14.3 Å². The van der Waals surface area contributed by atoms with Crippen LogP contribution in [0, 0.1) is 6.92 Å². The average Bonchev–Trinajstić information content (AvgIpc) is 3.43. The van der Waals surface area contributed by atoms with Crippen LogP contribution in [0.1, 0.15) is 51.2 Å². The summed E-state index contributed by atoms with van der Waals surface area (Å²) in [6.45, 7) is 7.52. The number of ether oxygens (including phenoxy) is 1. The molecule has 0 saturated carbocycles. The highest BCUT2D eigenvalue weighted by molar-refractivity contribution is 6.35. The highest BCUT2D eigenvalue weighted by Gasteiger charge is 2.37. The zero-order valence-electron chi connectivity index (χ0n) is 28.2. The van der Waals surface area contributed by atoms with Crippen LogP contribution in [0.4, 0.5) is 10.5 Å². The van der Waals surface area contributed by atoms with Gasteiger partial charge in [0.2, 0.25) is 11.8 Å². The van der Waals surface area contributed by atoms with Crippen LogP contribution in [0.2, 0.25) is 10.0 Å². The van der Waals surface area contributed by atoms with E-state index in [-0.39, 0.29) is 18.1 Å². The molecule has 1 saturated heterocycles. The molecule has 1 aliphatic heterocycles. The Morgan fingerprint density at radius 1 is 1.02 bits per heavy atom. The monoisotopic (exact) mass is 705 g/mol. The maximum atomic E-state index is 14.1. The average molecular weight is 707 g/mol. The van der Waals surface area contributed by atoms with Gasteiger partial charge in [-0.2, -0.15) is 5.10 Å². The lowest BCUT2D eigenvalue weighted by Crippen LogP contribution is -2.57. The number of carbonyl (C=O) groups excluding carboxylic acids is 3. The second kappa shape index (κ2) is 14.9. The summed E-state index contributed by atoms with van der Waals surface area (Å²) in [5.41, 5.74) is 4.36. The molecule has 12 heteroatoms. The number of hydrogen-bond acceptors (Lipinski definition) is 6. The Morgan fingerprint density at radius 2 is 1.76 bits per heavy atom. The van der Waals surface area contributed by atoms with E-state index in [4.69, 9.17) is 27.9 Å². The lowest BCUT2D eigenvalue weighted by molar-refractivity contribution is -0.142. The number of likely N-dealkylation sites (tertiary alicyclic amines) is 1. The predicted molar refractivity (Wildman–Crippen MR) is 192 cm³/mol. The van der Waals surface area contributed by atoms with Gasteiger partial charge in [-0.05, 0) is 94.5 Å². The minimum absolute atomic E-state index is 0.0804. The number of nitrogens with one attached hydrogen (secondary N) is 2. The van der Waals surface area contributed by atoms with Crippen LogP contribution in [-0.2, 0) is 27.8 Å². The third kappa shape index (κ3) is 8.93. The Bertz CT molecular complexity index is 1850. The Morgan fingerprint density at radius 3 is 2.45 bits per heavy atom. The third-order valence-electron chi connectivity index (χ3n) is 8.22. The van der Waals surface area contributed by atoms with E-state index in [2.05, 4.69) is 15.7 Å². The summed E-state index contributed by atoms with van der Waals surface area (Å²) >= 11 is 12.5. The molecule has 4 aromatic rings. The standard InChI is InChI=1S/C37H41Cl2N5O5/c1-22-9-16-32(45)27(18-22)33-28(21-43(5)42-33)23-11-14-26(15-12-23)40-34(46)31-8-6-7-17-44(31)35(47)30(41-36(48)49-37(2,3)4)19-24-10-13-25(38)20-29(24)39/h9-16,18,20-21,30-31,45H,6-8,17,19H2,1-5H3,(H,40,46)(H,41,48)/t30-,31?/m0/s1. The molecule has 0 spiro atoms. The highest BCUT2D eigenvalue weighted by Crippen LogP contribution is 2.36. The van der Waals surface area contributed by atoms with Gasteiger partial charge >= 0.3 is 6.09 Å². The van der Waals surface area contributed by atoms with Crippen molar-refractivity contribution in [1.29, 1.82) is 0 Å². The van der Waals surface area contributed by atoms with E-state index in [0.29, 0.717) is 45.5 Å². The molecule has 1 fully saturated rings. The predicted octanol–water partition coefficient (Wildman–Crippen LogP) is 7.53. The molecule has 10 nitrogen and oxygen atoms in total. The molecular weight excluding hydrogens is 665 g/mol. The number of nitrogens with zero attached hydrogens (tertiary/aromatic N) is 3. The normalized spacial score (nSPS) is 15.4. The lowest BCUT2D eigenvalue weighted by Gasteiger charge is -2.37. The first-order valence-electron chi connectivity index (χ1n) is 16.2. The van der Waals surface area contributed by atoms with Crippen molar-refractivity contribution in [2.45, 2.75) is 71.1 Å². The molecule has 1 aromatic heterocycles. The number of rotatable bonds is 8. The minimum Gasteiger partial charge on any atom is -0.507 e. The van der Waals surface area contributed by atoms with Crippen molar-refractivity contribution >= 4 is 46.8 Å². The summed E-state index contributed by atoms with van der Waals surface area (Å²) in [6, 6.07) is 15.9. The first kappa shape index (κ1) is 35.8. The summed E-state index contributed by atoms with van der Waals surface area (Å²) in [5.74, 6) is -0.593. The molecule has 3 aromatic carbocycles. The summed E-state index contributed by atoms with van der Waals surface area (Å²) in [5, 5.41) is 21.7. The number of benzene rings is 3. The van der Waals surface area contributed by atoms with E-state index in [1.54, 1.807) is 61.9 Å². The molecular formula is C37H41Cl2N5O5. The van der Waals surface area contributed by atoms with Crippen LogP contribution >= 0.6 is 23.2 Å². The van der Waals surface area contributed by atoms with Gasteiger partial charge in [0.1, 0.15) is 29.1 Å². The number of aryl methyl sites for hydroxylation is 2. The molecule has 2 heterocycles. The smallest absolute Gasteiger partial charge is 0.408 e. The zero-order valence-corrected chi connectivity index (χ0v) is 29.7. The van der Waals surface area contributed by atoms with Crippen molar-refractivity contribution in [3.63, 3.8) is 0 Å². The number of hydrogen-bond donors (Lipinski definition) is 3. The Hall–Kier alpha value is -4.54. The molecule has 49 heavy (non-hydrogen) atoms. The Kier molecular flexibility index (Phi) is 10.9. The van der Waals surface area contributed by atoms with Gasteiger partial charge in [0.25, 0.3) is 0 Å². The maximum Gasteiger partial charge on any atom is 0.408 e. The summed E-state index contributed by atoms with van der Waals surface area (Å²) in [6.07, 6.45) is 3.17. The minimum atomic E-state index is -1.04. The van der Waals surface area contributed by atoms with Crippen molar-refractivity contribution in [2.24, 2.45) is 7.05 Å². The van der Waals surface area contributed by atoms with Crippen LogP contribution in [0.15, 0.2) is 66.9 Å². The van der Waals surface area contributed by atoms with Gasteiger partial charge < -0.3 is 25.4 Å². The van der Waals surface area contributed by atoms with Gasteiger partial charge in [-0.25, -0.2) is 4.79 Å². The fraction of sp³-hybridized carbons (Fsp3) is 0.351. The second-order valence-electron chi connectivity index (χ2n) is 13.3. The van der Waals surface area contributed by atoms with Crippen LogP contribution in [0.3, 0.4) is 0 Å². The van der Waals surface area contributed by atoms with Gasteiger partial charge in [0.05, 0.1) is 0 Å². The van der Waals surface area contributed by atoms with Crippen LogP contribution in [0.25, 0.3) is 22.4 Å². The molecule has 3 N–H and O–H groups in total. The lowest BCUT2D eigenvalue weighted by atomic mass is 9.97. The molecule has 258 valence electrons. The SMILES string of the molecule is Cc1ccc(O)c(-c2nn(C)cc2-c2ccc(NC(=O)C3CCCCN3C(=O)[C@H](Cc3ccc(Cl)cc3Cl)NC(=O)OC(C)(C)C)cc2)c1. The number of anilines is 1. The number of piperidine rings is 1. The fourth-order valence-electron chi connectivity index (χ4n) is 5.92. The van der Waals surface area contributed by atoms with Gasteiger partial charge in [0.15, 0.2) is 0 Å². The van der Waals surface area contributed by atoms with E-state index >= 15 is 0 Å². The number of amides is 3. The van der Waals surface area contributed by atoms with Gasteiger partial charge in [-0.15, -0.1) is 0 Å². The first-order valence-corrected chi connectivity index (χ1v) is 16.9. The Labute approximate surface area is 296 Å². The van der Waals surface area contributed by atoms with Crippen LogP contribution < -0.4 is 10.6 Å². The number of aromatic hydroxyl groups is 1. The third-order valence-corrected chi connectivity index (χ3v) is 8.80. The molecule has 2 atom stereocenters. The largest absolute Gasteiger partial charge is 0.507 e. The summed E-state index contributed by atoms with van der Waals surface area (Å²) in [7, 11) is 1.82. The van der Waals surface area contributed by atoms with Crippen molar-refractivity contribution in [3.8, 4) is 28.1 Å². The second-order valence-corrected chi connectivity index (χ2v) is 14.2. The first-order chi connectivity index (χ1) is 23.2. The fourth-order valence-corrected chi connectivity index (χ4v) is 6.41. The summed E-state index contributed by atoms with van der Waals surface area (Å²) < 4.78 is 7.16. The Balaban J connectivity index is 1.34.